The molecular weight excluding hydrogens is 414 g/mol. The summed E-state index contributed by atoms with van der Waals surface area (Å²) in [7, 11) is 1.70. The van der Waals surface area contributed by atoms with Gasteiger partial charge >= 0.3 is 0 Å². The summed E-state index contributed by atoms with van der Waals surface area (Å²) in [6, 6.07) is 7.83. The fraction of sp³-hybridized carbons (Fsp3) is 0.211. The molecular formula is C19H16BrN3O2S. The smallest absolute Gasteiger partial charge is 0.259 e. The number of carbonyl (C=O) groups is 1. The lowest BCUT2D eigenvalue weighted by molar-refractivity contribution is 0.102. The molecule has 1 aliphatic rings. The van der Waals surface area contributed by atoms with Gasteiger partial charge in [-0.2, -0.15) is 0 Å². The molecule has 0 fully saturated rings. The number of nitrogens with zero attached hydrogens (tertiary/aromatic N) is 2. The van der Waals surface area contributed by atoms with Crippen molar-refractivity contribution in [1.29, 1.82) is 0 Å². The summed E-state index contributed by atoms with van der Waals surface area (Å²) in [5.74, 6) is 0.697. The second-order valence-electron chi connectivity index (χ2n) is 5.98. The van der Waals surface area contributed by atoms with Crippen molar-refractivity contribution in [3.05, 3.63) is 58.0 Å². The number of pyridine rings is 1. The molecule has 2 aromatic heterocycles. The highest BCUT2D eigenvalue weighted by atomic mass is 79.9. The number of ether oxygens (including phenoxy) is 1. The van der Waals surface area contributed by atoms with Crippen LogP contribution >= 0.6 is 27.3 Å². The van der Waals surface area contributed by atoms with Crippen LogP contribution in [0.1, 0.15) is 28.0 Å². The van der Waals surface area contributed by atoms with E-state index in [0.717, 1.165) is 45.6 Å². The Balaban J connectivity index is 1.67. The highest BCUT2D eigenvalue weighted by Gasteiger charge is 2.22. The van der Waals surface area contributed by atoms with Crippen molar-refractivity contribution in [2.45, 2.75) is 19.3 Å². The zero-order chi connectivity index (χ0) is 18.1. The summed E-state index contributed by atoms with van der Waals surface area (Å²) in [6.07, 6.45) is 6.05. The van der Waals surface area contributed by atoms with E-state index in [1.807, 2.05) is 12.1 Å². The monoisotopic (exact) mass is 429 g/mol. The minimum Gasteiger partial charge on any atom is -0.496 e. The van der Waals surface area contributed by atoms with Gasteiger partial charge in [0, 0.05) is 28.0 Å². The van der Waals surface area contributed by atoms with Crippen molar-refractivity contribution in [1.82, 2.24) is 9.97 Å². The largest absolute Gasteiger partial charge is 0.496 e. The molecule has 1 aromatic carbocycles. The van der Waals surface area contributed by atoms with E-state index in [9.17, 15) is 4.79 Å². The van der Waals surface area contributed by atoms with Crippen molar-refractivity contribution < 1.29 is 9.53 Å². The second-order valence-corrected chi connectivity index (χ2v) is 7.90. The number of anilines is 1. The van der Waals surface area contributed by atoms with Crippen LogP contribution in [0.2, 0.25) is 0 Å². The fourth-order valence-electron chi connectivity index (χ4n) is 3.15. The van der Waals surface area contributed by atoms with Crippen LogP contribution in [0.15, 0.2) is 41.1 Å². The van der Waals surface area contributed by atoms with Gasteiger partial charge in [-0.25, -0.2) is 4.98 Å². The predicted molar refractivity (Wildman–Crippen MR) is 106 cm³/mol. The summed E-state index contributed by atoms with van der Waals surface area (Å²) in [6.45, 7) is 0. The van der Waals surface area contributed by atoms with Gasteiger partial charge in [0.15, 0.2) is 5.13 Å². The topological polar surface area (TPSA) is 64.1 Å². The van der Waals surface area contributed by atoms with Gasteiger partial charge in [0.05, 0.1) is 23.2 Å². The summed E-state index contributed by atoms with van der Waals surface area (Å²) < 4.78 is 6.29. The van der Waals surface area contributed by atoms with Gasteiger partial charge in [-0.05, 0) is 47.3 Å². The number of hydrogen-bond acceptors (Lipinski definition) is 5. The van der Waals surface area contributed by atoms with Gasteiger partial charge in [0.1, 0.15) is 5.75 Å². The number of aromatic nitrogens is 2. The summed E-state index contributed by atoms with van der Waals surface area (Å²) in [5, 5.41) is 3.51. The first-order valence-corrected chi connectivity index (χ1v) is 9.84. The van der Waals surface area contributed by atoms with Crippen LogP contribution < -0.4 is 10.1 Å². The number of methoxy groups -OCH3 is 1. The molecule has 5 nitrogen and oxygen atoms in total. The average molecular weight is 430 g/mol. The van der Waals surface area contributed by atoms with Crippen LogP contribution in [0.5, 0.6) is 5.75 Å². The molecule has 3 aromatic rings. The van der Waals surface area contributed by atoms with E-state index in [4.69, 9.17) is 4.74 Å². The first kappa shape index (κ1) is 17.2. The molecule has 0 atom stereocenters. The van der Waals surface area contributed by atoms with E-state index in [1.165, 1.54) is 16.9 Å². The maximum Gasteiger partial charge on any atom is 0.259 e. The molecule has 0 spiro atoms. The van der Waals surface area contributed by atoms with Crippen molar-refractivity contribution in [2.24, 2.45) is 0 Å². The van der Waals surface area contributed by atoms with Crippen LogP contribution in [0, 0.1) is 0 Å². The maximum absolute atomic E-state index is 12.5. The molecule has 26 heavy (non-hydrogen) atoms. The number of halogens is 1. The van der Waals surface area contributed by atoms with Crippen LogP contribution in [0.3, 0.4) is 0 Å². The lowest BCUT2D eigenvalue weighted by Crippen LogP contribution is -2.12. The number of nitrogens with one attached hydrogen (secondary N) is 1. The maximum atomic E-state index is 12.5. The van der Waals surface area contributed by atoms with E-state index in [2.05, 4.69) is 37.3 Å². The van der Waals surface area contributed by atoms with Gasteiger partial charge in [0.2, 0.25) is 0 Å². The minimum atomic E-state index is -0.214. The van der Waals surface area contributed by atoms with Crippen molar-refractivity contribution in [3.8, 4) is 16.2 Å². The van der Waals surface area contributed by atoms with Crippen LogP contribution in [0.4, 0.5) is 5.13 Å². The molecule has 2 heterocycles. The molecule has 0 bridgehead atoms. The first-order valence-electron chi connectivity index (χ1n) is 8.23. The Morgan fingerprint density at radius 3 is 3.00 bits per heavy atom. The van der Waals surface area contributed by atoms with Gasteiger partial charge in [0.25, 0.3) is 5.91 Å². The Bertz CT molecular complexity index is 987. The normalized spacial score (nSPS) is 12.7. The molecule has 0 radical (unpaired) electrons. The Labute approximate surface area is 163 Å². The van der Waals surface area contributed by atoms with E-state index in [1.54, 1.807) is 25.6 Å². The number of thiazole rings is 1. The third kappa shape index (κ3) is 3.24. The molecule has 0 saturated heterocycles. The van der Waals surface area contributed by atoms with E-state index >= 15 is 0 Å². The highest BCUT2D eigenvalue weighted by Crippen LogP contribution is 2.41. The third-order valence-corrected chi connectivity index (χ3v) is 5.80. The van der Waals surface area contributed by atoms with Crippen molar-refractivity contribution in [2.75, 3.05) is 12.4 Å². The molecule has 1 amide bonds. The van der Waals surface area contributed by atoms with Crippen LogP contribution in [-0.2, 0) is 12.8 Å². The lowest BCUT2D eigenvalue weighted by Gasteiger charge is -2.10. The molecule has 0 unspecified atom stereocenters. The van der Waals surface area contributed by atoms with E-state index in [-0.39, 0.29) is 5.91 Å². The highest BCUT2D eigenvalue weighted by molar-refractivity contribution is 9.10. The molecule has 1 N–H and O–H groups in total. The third-order valence-electron chi connectivity index (χ3n) is 4.32. The molecule has 4 rings (SSSR count). The van der Waals surface area contributed by atoms with Gasteiger partial charge < -0.3 is 4.74 Å². The van der Waals surface area contributed by atoms with Crippen LogP contribution in [-0.4, -0.2) is 23.0 Å². The first-order chi connectivity index (χ1) is 12.7. The second kappa shape index (κ2) is 7.17. The number of hydrogen-bond donors (Lipinski definition) is 1. The molecule has 1 aliphatic carbocycles. The SMILES string of the molecule is COc1cccc2c1CCCc1nc(NC(=O)c3cncc(Br)c3)sc1-2. The Kier molecular flexibility index (Phi) is 4.74. The lowest BCUT2D eigenvalue weighted by atomic mass is 10.0. The quantitative estimate of drug-likeness (QED) is 0.654. The molecule has 7 heteroatoms. The van der Waals surface area contributed by atoms with E-state index < -0.39 is 0 Å². The zero-order valence-electron chi connectivity index (χ0n) is 14.1. The molecule has 0 saturated carbocycles. The van der Waals surface area contributed by atoms with Gasteiger partial charge in [-0.15, -0.1) is 0 Å². The number of benzene rings is 1. The van der Waals surface area contributed by atoms with Crippen molar-refractivity contribution in [3.63, 3.8) is 0 Å². The van der Waals surface area contributed by atoms with Crippen molar-refractivity contribution >= 4 is 38.3 Å². The zero-order valence-corrected chi connectivity index (χ0v) is 16.5. The predicted octanol–water partition coefficient (Wildman–Crippen LogP) is 4.72. The molecule has 132 valence electrons. The number of amides is 1. The standard InChI is InChI=1S/C19H16BrN3O2S/c1-25-16-7-3-5-14-13(16)4-2-6-15-17(14)26-19(22-15)23-18(24)11-8-12(20)10-21-9-11/h3,5,7-10H,2,4,6H2,1H3,(H,22,23,24). The average Bonchev–Trinajstić information content (AvgIpc) is 2.95. The molecule has 0 aliphatic heterocycles. The Hall–Kier alpha value is -2.25. The summed E-state index contributed by atoms with van der Waals surface area (Å²) in [4.78, 5) is 22.3. The summed E-state index contributed by atoms with van der Waals surface area (Å²) >= 11 is 4.84. The number of carbonyl (C=O) groups excluding carboxylic acids is 1. The number of fused-ring (bicyclic) bond motifs is 3. The number of rotatable bonds is 3. The fourth-order valence-corrected chi connectivity index (χ4v) is 4.57. The number of aryl methyl sites for hydroxylation is 1. The Morgan fingerprint density at radius 2 is 2.19 bits per heavy atom. The van der Waals surface area contributed by atoms with Gasteiger partial charge in [-0.3, -0.25) is 15.1 Å². The van der Waals surface area contributed by atoms with Gasteiger partial charge in [-0.1, -0.05) is 23.5 Å². The summed E-state index contributed by atoms with van der Waals surface area (Å²) in [5.41, 5.74) is 3.89. The van der Waals surface area contributed by atoms with Crippen LogP contribution in [0.25, 0.3) is 10.4 Å². The van der Waals surface area contributed by atoms with E-state index in [0.29, 0.717) is 10.7 Å². The Morgan fingerprint density at radius 1 is 1.31 bits per heavy atom. The minimum absolute atomic E-state index is 0.214.